The van der Waals surface area contributed by atoms with E-state index < -0.39 is 18.1 Å². The first kappa shape index (κ1) is 16.6. The summed E-state index contributed by atoms with van der Waals surface area (Å²) < 4.78 is 38.3. The van der Waals surface area contributed by atoms with Crippen LogP contribution in [0.15, 0.2) is 55.1 Å². The lowest BCUT2D eigenvalue weighted by Crippen LogP contribution is -2.43. The van der Waals surface area contributed by atoms with E-state index in [-0.39, 0.29) is 6.54 Å². The van der Waals surface area contributed by atoms with Crippen LogP contribution in [0.2, 0.25) is 0 Å². The smallest absolute Gasteiger partial charge is 0.311 e. The molecule has 23 heavy (non-hydrogen) atoms. The third kappa shape index (κ3) is 3.51. The predicted molar refractivity (Wildman–Crippen MR) is 80.3 cm³/mol. The highest BCUT2D eigenvalue weighted by molar-refractivity contribution is 5.85. The summed E-state index contributed by atoms with van der Waals surface area (Å²) in [4.78, 5) is 12.1. The van der Waals surface area contributed by atoms with E-state index >= 15 is 0 Å². The molecule has 0 aromatic heterocycles. The van der Waals surface area contributed by atoms with E-state index in [2.05, 4.69) is 6.58 Å². The maximum absolute atomic E-state index is 12.8. The van der Waals surface area contributed by atoms with Gasteiger partial charge in [-0.25, -0.2) is 0 Å². The van der Waals surface area contributed by atoms with E-state index in [0.29, 0.717) is 10.5 Å². The number of halogens is 3. The van der Waals surface area contributed by atoms with Gasteiger partial charge in [0.25, 0.3) is 0 Å². The van der Waals surface area contributed by atoms with Gasteiger partial charge in [0.1, 0.15) is 6.04 Å². The average Bonchev–Trinajstić information content (AvgIpc) is 2.53. The molecule has 0 N–H and O–H groups in total. The van der Waals surface area contributed by atoms with Crippen molar-refractivity contribution in [2.24, 2.45) is 0 Å². The Labute approximate surface area is 131 Å². The van der Waals surface area contributed by atoms with Crippen LogP contribution < -0.4 is 0 Å². The van der Waals surface area contributed by atoms with Gasteiger partial charge in [-0.2, -0.15) is 18.4 Å². The molecule has 1 atom stereocenters. The molecule has 0 aliphatic carbocycles. The number of benzene rings is 2. The topological polar surface area (TPSA) is 44.1 Å². The Morgan fingerprint density at radius 3 is 2.48 bits per heavy atom. The Bertz CT molecular complexity index is 777. The summed E-state index contributed by atoms with van der Waals surface area (Å²) in [5.74, 6) is -2.06. The van der Waals surface area contributed by atoms with E-state index in [1.54, 1.807) is 36.4 Å². The van der Waals surface area contributed by atoms with Gasteiger partial charge in [-0.15, -0.1) is 6.58 Å². The Hall–Kier alpha value is -2.81. The largest absolute Gasteiger partial charge is 0.471 e. The number of nitrogens with zero attached hydrogens (tertiary/aromatic N) is 2. The molecule has 0 saturated heterocycles. The highest BCUT2D eigenvalue weighted by Gasteiger charge is 2.44. The molecule has 0 bridgehead atoms. The molecule has 0 unspecified atom stereocenters. The summed E-state index contributed by atoms with van der Waals surface area (Å²) in [5.41, 5.74) is 0.325. The average molecular weight is 318 g/mol. The minimum Gasteiger partial charge on any atom is -0.311 e. The molecule has 2 rings (SSSR count). The first-order chi connectivity index (χ1) is 10.9. The fourth-order valence-electron chi connectivity index (χ4n) is 2.31. The first-order valence-corrected chi connectivity index (χ1v) is 6.75. The van der Waals surface area contributed by atoms with Gasteiger partial charge in [-0.3, -0.25) is 4.79 Å². The minimum atomic E-state index is -5.05. The van der Waals surface area contributed by atoms with Gasteiger partial charge in [0, 0.05) is 6.54 Å². The third-order valence-corrected chi connectivity index (χ3v) is 3.35. The Morgan fingerprint density at radius 1 is 1.26 bits per heavy atom. The molecular weight excluding hydrogens is 305 g/mol. The van der Waals surface area contributed by atoms with Crippen molar-refractivity contribution in [2.75, 3.05) is 6.54 Å². The van der Waals surface area contributed by atoms with Gasteiger partial charge in [0.15, 0.2) is 0 Å². The van der Waals surface area contributed by atoms with Gasteiger partial charge in [0.05, 0.1) is 6.07 Å². The lowest BCUT2D eigenvalue weighted by Gasteiger charge is -2.27. The zero-order chi connectivity index (χ0) is 17.0. The molecule has 0 saturated carbocycles. The van der Waals surface area contributed by atoms with E-state index in [1.165, 1.54) is 0 Å². The second kappa shape index (κ2) is 6.53. The van der Waals surface area contributed by atoms with Gasteiger partial charge in [-0.05, 0) is 22.4 Å². The van der Waals surface area contributed by atoms with Gasteiger partial charge in [-0.1, -0.05) is 42.5 Å². The molecule has 118 valence electrons. The SMILES string of the molecule is C=CCN(C(=O)C(F)(F)F)[C@H](C#N)c1ccc2ccccc2c1. The summed E-state index contributed by atoms with van der Waals surface area (Å²) in [7, 11) is 0. The van der Waals surface area contributed by atoms with E-state index in [4.69, 9.17) is 0 Å². The number of rotatable bonds is 4. The monoisotopic (exact) mass is 318 g/mol. The summed E-state index contributed by atoms with van der Waals surface area (Å²) in [5, 5.41) is 11.0. The molecule has 0 radical (unpaired) electrons. The zero-order valence-corrected chi connectivity index (χ0v) is 12.0. The summed E-state index contributed by atoms with van der Waals surface area (Å²) >= 11 is 0. The van der Waals surface area contributed by atoms with Crippen molar-refractivity contribution >= 4 is 16.7 Å². The number of hydrogen-bond donors (Lipinski definition) is 0. The highest BCUT2D eigenvalue weighted by Crippen LogP contribution is 2.28. The minimum absolute atomic E-state index is 0.325. The first-order valence-electron chi connectivity index (χ1n) is 6.75. The quantitative estimate of drug-likeness (QED) is 0.800. The number of alkyl halides is 3. The van der Waals surface area contributed by atoms with Crippen molar-refractivity contribution in [2.45, 2.75) is 12.2 Å². The molecule has 0 spiro atoms. The molecule has 1 amide bonds. The van der Waals surface area contributed by atoms with Crippen LogP contribution in [0.3, 0.4) is 0 Å². The summed E-state index contributed by atoms with van der Waals surface area (Å²) in [6.07, 6.45) is -3.88. The van der Waals surface area contributed by atoms with Crippen LogP contribution in [-0.2, 0) is 4.79 Å². The van der Waals surface area contributed by atoms with Gasteiger partial charge in [0.2, 0.25) is 0 Å². The van der Waals surface area contributed by atoms with Crippen LogP contribution in [0.4, 0.5) is 13.2 Å². The lowest BCUT2D eigenvalue weighted by molar-refractivity contribution is -0.186. The zero-order valence-electron chi connectivity index (χ0n) is 12.0. The van der Waals surface area contributed by atoms with E-state index in [1.807, 2.05) is 12.1 Å². The standard InChI is InChI=1S/C17H13F3N2O/c1-2-9-22(16(23)17(18,19)20)15(11-21)14-8-7-12-5-3-4-6-13(12)10-14/h2-8,10,15H,1,9H2/t15-/m1/s1. The molecule has 6 heteroatoms. The Kier molecular flexibility index (Phi) is 4.70. The molecule has 2 aromatic carbocycles. The van der Waals surface area contributed by atoms with Crippen molar-refractivity contribution in [3.05, 3.63) is 60.7 Å². The van der Waals surface area contributed by atoms with Crippen LogP contribution in [0, 0.1) is 11.3 Å². The second-order valence-electron chi connectivity index (χ2n) is 4.88. The fraction of sp³-hybridized carbons (Fsp3) is 0.176. The van der Waals surface area contributed by atoms with Crippen LogP contribution in [-0.4, -0.2) is 23.5 Å². The normalized spacial score (nSPS) is 12.4. The maximum Gasteiger partial charge on any atom is 0.471 e. The number of fused-ring (bicyclic) bond motifs is 1. The Balaban J connectivity index is 2.47. The van der Waals surface area contributed by atoms with Crippen molar-refractivity contribution in [1.82, 2.24) is 4.90 Å². The van der Waals surface area contributed by atoms with Crippen molar-refractivity contribution < 1.29 is 18.0 Å². The number of amides is 1. The summed E-state index contributed by atoms with van der Waals surface area (Å²) in [6.45, 7) is 2.98. The molecule has 0 aliphatic rings. The Morgan fingerprint density at radius 2 is 1.91 bits per heavy atom. The molecular formula is C17H13F3N2O. The maximum atomic E-state index is 12.8. The number of nitriles is 1. The van der Waals surface area contributed by atoms with Crippen molar-refractivity contribution in [3.8, 4) is 6.07 Å². The van der Waals surface area contributed by atoms with Crippen LogP contribution in [0.5, 0.6) is 0 Å². The predicted octanol–water partition coefficient (Wildman–Crippen LogP) is 3.98. The number of hydrogen-bond acceptors (Lipinski definition) is 2. The molecule has 2 aromatic rings. The van der Waals surface area contributed by atoms with Crippen molar-refractivity contribution in [3.63, 3.8) is 0 Å². The number of carbonyl (C=O) groups is 1. The van der Waals surface area contributed by atoms with Gasteiger partial charge < -0.3 is 4.90 Å². The van der Waals surface area contributed by atoms with Crippen LogP contribution in [0.1, 0.15) is 11.6 Å². The van der Waals surface area contributed by atoms with Gasteiger partial charge >= 0.3 is 12.1 Å². The number of carbonyl (C=O) groups excluding carboxylic acids is 1. The molecule has 0 fully saturated rings. The molecule has 0 aliphatic heterocycles. The highest BCUT2D eigenvalue weighted by atomic mass is 19.4. The van der Waals surface area contributed by atoms with E-state index in [0.717, 1.165) is 16.8 Å². The summed E-state index contributed by atoms with van der Waals surface area (Å²) in [6, 6.07) is 12.6. The second-order valence-corrected chi connectivity index (χ2v) is 4.88. The molecule has 3 nitrogen and oxygen atoms in total. The van der Waals surface area contributed by atoms with Crippen molar-refractivity contribution in [1.29, 1.82) is 5.26 Å². The lowest BCUT2D eigenvalue weighted by atomic mass is 10.0. The van der Waals surface area contributed by atoms with E-state index in [9.17, 15) is 23.2 Å². The third-order valence-electron chi connectivity index (χ3n) is 3.35. The fourth-order valence-corrected chi connectivity index (χ4v) is 2.31. The molecule has 0 heterocycles. The van der Waals surface area contributed by atoms with Crippen LogP contribution in [0.25, 0.3) is 10.8 Å². The van der Waals surface area contributed by atoms with Crippen LogP contribution >= 0.6 is 0 Å².